The Bertz CT molecular complexity index is 819. The molecule has 0 saturated heterocycles. The lowest BCUT2D eigenvalue weighted by molar-refractivity contribution is -0.116. The molecule has 6 nitrogen and oxygen atoms in total. The number of rotatable bonds is 5. The third-order valence-electron chi connectivity index (χ3n) is 4.45. The van der Waals surface area contributed by atoms with Crippen molar-refractivity contribution in [1.82, 2.24) is 4.90 Å². The van der Waals surface area contributed by atoms with E-state index in [2.05, 4.69) is 10.6 Å². The van der Waals surface area contributed by atoms with Crippen LogP contribution in [0, 0.1) is 5.92 Å². The summed E-state index contributed by atoms with van der Waals surface area (Å²) in [6.45, 7) is 4.37. The van der Waals surface area contributed by atoms with Gasteiger partial charge in [-0.2, -0.15) is 0 Å². The van der Waals surface area contributed by atoms with Crippen LogP contribution in [0.1, 0.15) is 30.6 Å². The Labute approximate surface area is 152 Å². The average Bonchev–Trinajstić information content (AvgIpc) is 2.62. The van der Waals surface area contributed by atoms with Crippen molar-refractivity contribution in [3.05, 3.63) is 54.1 Å². The Morgan fingerprint density at radius 3 is 2.62 bits per heavy atom. The number of nitrogens with one attached hydrogen (secondary N) is 2. The van der Waals surface area contributed by atoms with E-state index in [0.29, 0.717) is 17.8 Å². The first-order chi connectivity index (χ1) is 12.5. The first-order valence-electron chi connectivity index (χ1n) is 8.71. The van der Waals surface area contributed by atoms with Crippen LogP contribution in [-0.4, -0.2) is 34.5 Å². The monoisotopic (exact) mass is 353 g/mol. The molecule has 0 aromatic heterocycles. The lowest BCUT2D eigenvalue weighted by atomic mass is 10.0. The molecule has 0 fully saturated rings. The van der Waals surface area contributed by atoms with Crippen LogP contribution in [0.3, 0.4) is 0 Å². The van der Waals surface area contributed by atoms with Gasteiger partial charge in [0.15, 0.2) is 0 Å². The molecule has 2 aromatic rings. The van der Waals surface area contributed by atoms with E-state index in [4.69, 9.17) is 0 Å². The van der Waals surface area contributed by atoms with Gasteiger partial charge in [-0.3, -0.25) is 9.59 Å². The molecule has 1 unspecified atom stereocenters. The maximum atomic E-state index is 12.9. The Kier molecular flexibility index (Phi) is 5.11. The Hall–Kier alpha value is -3.02. The van der Waals surface area contributed by atoms with Crippen LogP contribution in [0.25, 0.3) is 0 Å². The van der Waals surface area contributed by atoms with Crippen molar-refractivity contribution >= 4 is 23.2 Å². The number of para-hydroxylation sites is 3. The van der Waals surface area contributed by atoms with Gasteiger partial charge in [-0.25, -0.2) is 0 Å². The summed E-state index contributed by atoms with van der Waals surface area (Å²) in [5.74, 6) is -0.117. The van der Waals surface area contributed by atoms with Gasteiger partial charge < -0.3 is 20.6 Å². The predicted octanol–water partition coefficient (Wildman–Crippen LogP) is 3.27. The number of amides is 2. The first-order valence-corrected chi connectivity index (χ1v) is 8.71. The lowest BCUT2D eigenvalue weighted by Gasteiger charge is -2.40. The Morgan fingerprint density at radius 1 is 1.19 bits per heavy atom. The second-order valence-corrected chi connectivity index (χ2v) is 6.69. The van der Waals surface area contributed by atoms with Crippen LogP contribution in [0.4, 0.5) is 11.4 Å². The summed E-state index contributed by atoms with van der Waals surface area (Å²) in [6, 6.07) is 14.0. The molecule has 0 spiro atoms. The number of phenolic OH excluding ortho intramolecular Hbond substituents is 1. The molecule has 2 amide bonds. The van der Waals surface area contributed by atoms with Crippen LogP contribution in [0.2, 0.25) is 0 Å². The molecule has 3 rings (SSSR count). The number of hydrogen-bond donors (Lipinski definition) is 3. The number of phenols is 1. The molecule has 0 aliphatic carbocycles. The molecule has 2 aromatic carbocycles. The van der Waals surface area contributed by atoms with Crippen molar-refractivity contribution in [3.8, 4) is 5.75 Å². The average molecular weight is 353 g/mol. The molecule has 6 heteroatoms. The van der Waals surface area contributed by atoms with E-state index in [9.17, 15) is 14.7 Å². The van der Waals surface area contributed by atoms with Crippen molar-refractivity contribution in [2.24, 2.45) is 5.92 Å². The summed E-state index contributed by atoms with van der Waals surface area (Å²) < 4.78 is 0. The van der Waals surface area contributed by atoms with E-state index in [1.165, 1.54) is 6.07 Å². The highest BCUT2D eigenvalue weighted by Gasteiger charge is 2.33. The number of carbonyl (C=O) groups is 2. The van der Waals surface area contributed by atoms with Gasteiger partial charge >= 0.3 is 0 Å². The maximum Gasteiger partial charge on any atom is 0.257 e. The maximum absolute atomic E-state index is 12.9. The second-order valence-electron chi connectivity index (χ2n) is 6.69. The molecule has 136 valence electrons. The topological polar surface area (TPSA) is 81.7 Å². The largest absolute Gasteiger partial charge is 0.506 e. The van der Waals surface area contributed by atoms with Crippen molar-refractivity contribution in [2.75, 3.05) is 17.2 Å². The summed E-state index contributed by atoms with van der Waals surface area (Å²) in [7, 11) is 0. The molecule has 1 atom stereocenters. The lowest BCUT2D eigenvalue weighted by Crippen LogP contribution is -2.52. The highest BCUT2D eigenvalue weighted by atomic mass is 16.3. The zero-order chi connectivity index (χ0) is 18.7. The fraction of sp³-hybridized carbons (Fsp3) is 0.300. The fourth-order valence-electron chi connectivity index (χ4n) is 3.09. The van der Waals surface area contributed by atoms with Gasteiger partial charge in [0.05, 0.1) is 11.3 Å². The molecule has 1 heterocycles. The number of carbonyl (C=O) groups excluding carboxylic acids is 2. The summed E-state index contributed by atoms with van der Waals surface area (Å²) >= 11 is 0. The smallest absolute Gasteiger partial charge is 0.257 e. The zero-order valence-electron chi connectivity index (χ0n) is 14.9. The molecule has 1 aliphatic rings. The van der Waals surface area contributed by atoms with Crippen LogP contribution in [-0.2, 0) is 4.79 Å². The Morgan fingerprint density at radius 2 is 1.88 bits per heavy atom. The fourth-order valence-corrected chi connectivity index (χ4v) is 3.09. The number of fused-ring (bicyclic) bond motifs is 1. The van der Waals surface area contributed by atoms with Gasteiger partial charge in [-0.15, -0.1) is 0 Å². The molecular formula is C20H23N3O3. The van der Waals surface area contributed by atoms with Gasteiger partial charge in [0, 0.05) is 18.7 Å². The third kappa shape index (κ3) is 3.64. The standard InChI is InChI=1S/C20H23N3O3/c1-13(2)19-22-15-8-4-3-7-14(15)20(26)23(19)12-11-18(25)21-16-9-5-6-10-17(16)24/h3-10,13,19,22,24H,11-12H2,1-2H3,(H,21,25). The number of aromatic hydroxyl groups is 1. The molecule has 3 N–H and O–H groups in total. The summed E-state index contributed by atoms with van der Waals surface area (Å²) in [6.07, 6.45) is -0.0250. The van der Waals surface area contributed by atoms with Crippen molar-refractivity contribution in [3.63, 3.8) is 0 Å². The van der Waals surface area contributed by atoms with Crippen molar-refractivity contribution in [2.45, 2.75) is 26.4 Å². The molecule has 0 saturated carbocycles. The van der Waals surface area contributed by atoms with Crippen LogP contribution in [0.15, 0.2) is 48.5 Å². The van der Waals surface area contributed by atoms with Gasteiger partial charge in [-0.05, 0) is 30.2 Å². The van der Waals surface area contributed by atoms with Crippen LogP contribution >= 0.6 is 0 Å². The Balaban J connectivity index is 1.70. The van der Waals surface area contributed by atoms with Crippen LogP contribution in [0.5, 0.6) is 5.75 Å². The number of anilines is 2. The molecule has 1 aliphatic heterocycles. The van der Waals surface area contributed by atoms with Gasteiger partial charge in [0.2, 0.25) is 5.91 Å². The predicted molar refractivity (Wildman–Crippen MR) is 101 cm³/mol. The normalized spacial score (nSPS) is 16.2. The van der Waals surface area contributed by atoms with E-state index in [1.54, 1.807) is 29.2 Å². The molecule has 0 radical (unpaired) electrons. The highest BCUT2D eigenvalue weighted by molar-refractivity contribution is 6.02. The SMILES string of the molecule is CC(C)C1Nc2ccccc2C(=O)N1CCC(=O)Nc1ccccc1O. The molecule has 0 bridgehead atoms. The van der Waals surface area contributed by atoms with E-state index in [1.807, 2.05) is 32.0 Å². The van der Waals surface area contributed by atoms with E-state index >= 15 is 0 Å². The minimum Gasteiger partial charge on any atom is -0.506 e. The van der Waals surface area contributed by atoms with Crippen LogP contribution < -0.4 is 10.6 Å². The highest BCUT2D eigenvalue weighted by Crippen LogP contribution is 2.28. The van der Waals surface area contributed by atoms with Gasteiger partial charge in [0.25, 0.3) is 5.91 Å². The third-order valence-corrected chi connectivity index (χ3v) is 4.45. The second kappa shape index (κ2) is 7.47. The quantitative estimate of drug-likeness (QED) is 0.721. The molecular weight excluding hydrogens is 330 g/mol. The number of nitrogens with zero attached hydrogens (tertiary/aromatic N) is 1. The summed E-state index contributed by atoms with van der Waals surface area (Å²) in [5.41, 5.74) is 1.81. The van der Waals surface area contributed by atoms with Crippen molar-refractivity contribution < 1.29 is 14.7 Å². The van der Waals surface area contributed by atoms with E-state index in [-0.39, 0.29) is 36.1 Å². The zero-order valence-corrected chi connectivity index (χ0v) is 14.9. The van der Waals surface area contributed by atoms with E-state index in [0.717, 1.165) is 5.69 Å². The first kappa shape index (κ1) is 17.8. The van der Waals surface area contributed by atoms with Gasteiger partial charge in [-0.1, -0.05) is 38.1 Å². The minimum absolute atomic E-state index is 0.0190. The van der Waals surface area contributed by atoms with E-state index < -0.39 is 0 Å². The molecule has 26 heavy (non-hydrogen) atoms. The van der Waals surface area contributed by atoms with Gasteiger partial charge in [0.1, 0.15) is 11.9 Å². The summed E-state index contributed by atoms with van der Waals surface area (Å²) in [4.78, 5) is 26.8. The summed E-state index contributed by atoms with van der Waals surface area (Å²) in [5, 5.41) is 15.8. The minimum atomic E-state index is -0.249. The van der Waals surface area contributed by atoms with Crippen molar-refractivity contribution in [1.29, 1.82) is 0 Å². The number of benzene rings is 2. The number of hydrogen-bond acceptors (Lipinski definition) is 4.